The van der Waals surface area contributed by atoms with Crippen molar-refractivity contribution in [2.75, 3.05) is 6.61 Å². The largest absolute Gasteiger partial charge is 0.375 e. The highest BCUT2D eigenvalue weighted by atomic mass is 16.5. The maximum Gasteiger partial charge on any atom is 0.0685 e. The predicted octanol–water partition coefficient (Wildman–Crippen LogP) is 3.52. The Bertz CT molecular complexity index is 458. The van der Waals surface area contributed by atoms with E-state index in [4.69, 9.17) is 10.5 Å². The summed E-state index contributed by atoms with van der Waals surface area (Å²) in [4.78, 5) is 0. The molecule has 110 valence electrons. The lowest BCUT2D eigenvalue weighted by molar-refractivity contribution is -0.145. The third-order valence-corrected chi connectivity index (χ3v) is 5.15. The molecule has 2 N–H and O–H groups in total. The molecule has 1 saturated carbocycles. The van der Waals surface area contributed by atoms with Crippen molar-refractivity contribution in [2.24, 2.45) is 11.7 Å². The second-order valence-electron chi connectivity index (χ2n) is 7.00. The molecule has 1 saturated heterocycles. The maximum atomic E-state index is 6.52. The molecule has 2 unspecified atom stereocenters. The highest BCUT2D eigenvalue weighted by molar-refractivity contribution is 5.29. The molecule has 1 spiro atoms. The fraction of sp³-hybridized carbons (Fsp3) is 0.667. The Balaban J connectivity index is 1.64. The van der Waals surface area contributed by atoms with E-state index in [1.807, 2.05) is 0 Å². The number of aryl methyl sites for hydroxylation is 2. The third-order valence-electron chi connectivity index (χ3n) is 5.15. The zero-order chi connectivity index (χ0) is 14.2. The van der Waals surface area contributed by atoms with Crippen LogP contribution >= 0.6 is 0 Å². The van der Waals surface area contributed by atoms with Crippen molar-refractivity contribution in [2.45, 2.75) is 64.0 Å². The molecule has 3 rings (SSSR count). The molecule has 20 heavy (non-hydrogen) atoms. The van der Waals surface area contributed by atoms with Crippen LogP contribution in [-0.4, -0.2) is 18.2 Å². The number of rotatable bonds is 3. The summed E-state index contributed by atoms with van der Waals surface area (Å²) in [6, 6.07) is 7.07. The summed E-state index contributed by atoms with van der Waals surface area (Å²) in [5, 5.41) is 0. The van der Waals surface area contributed by atoms with E-state index < -0.39 is 0 Å². The molecule has 0 amide bonds. The van der Waals surface area contributed by atoms with Gasteiger partial charge in [-0.3, -0.25) is 0 Å². The SMILES string of the molecule is Cc1cc(C)cc(CC(N)C2CCOC3(CCC3)C2)c1. The minimum Gasteiger partial charge on any atom is -0.375 e. The molecule has 2 fully saturated rings. The molecule has 0 bridgehead atoms. The zero-order valence-electron chi connectivity index (χ0n) is 12.8. The fourth-order valence-corrected chi connectivity index (χ4v) is 3.98. The third kappa shape index (κ3) is 2.91. The highest BCUT2D eigenvalue weighted by Crippen LogP contribution is 2.45. The molecule has 2 aliphatic rings. The summed E-state index contributed by atoms with van der Waals surface area (Å²) in [7, 11) is 0. The van der Waals surface area contributed by atoms with Crippen molar-refractivity contribution in [1.29, 1.82) is 0 Å². The molecule has 0 aromatic heterocycles. The summed E-state index contributed by atoms with van der Waals surface area (Å²) >= 11 is 0. The van der Waals surface area contributed by atoms with E-state index in [1.54, 1.807) is 0 Å². The van der Waals surface area contributed by atoms with Gasteiger partial charge in [0.15, 0.2) is 0 Å². The first kappa shape index (κ1) is 14.1. The van der Waals surface area contributed by atoms with Crippen LogP contribution in [0.25, 0.3) is 0 Å². The second kappa shape index (κ2) is 5.50. The molecular weight excluding hydrogens is 246 g/mol. The first-order chi connectivity index (χ1) is 9.56. The van der Waals surface area contributed by atoms with Crippen molar-refractivity contribution < 1.29 is 4.74 Å². The Hall–Kier alpha value is -0.860. The van der Waals surface area contributed by atoms with Crippen LogP contribution in [0.3, 0.4) is 0 Å². The molecular formula is C18H27NO. The van der Waals surface area contributed by atoms with E-state index in [9.17, 15) is 0 Å². The summed E-state index contributed by atoms with van der Waals surface area (Å²) < 4.78 is 6.01. The summed E-state index contributed by atoms with van der Waals surface area (Å²) in [6.45, 7) is 5.24. The van der Waals surface area contributed by atoms with Gasteiger partial charge in [-0.25, -0.2) is 0 Å². The first-order valence-electron chi connectivity index (χ1n) is 8.03. The predicted molar refractivity (Wildman–Crippen MR) is 82.9 cm³/mol. The summed E-state index contributed by atoms with van der Waals surface area (Å²) in [5.41, 5.74) is 10.8. The van der Waals surface area contributed by atoms with E-state index in [2.05, 4.69) is 32.0 Å². The lowest BCUT2D eigenvalue weighted by Gasteiger charge is -2.48. The Kier molecular flexibility index (Phi) is 3.87. The fourth-order valence-electron chi connectivity index (χ4n) is 3.98. The second-order valence-corrected chi connectivity index (χ2v) is 7.00. The van der Waals surface area contributed by atoms with Crippen molar-refractivity contribution in [3.63, 3.8) is 0 Å². The van der Waals surface area contributed by atoms with Crippen LogP contribution in [0.4, 0.5) is 0 Å². The Labute approximate surface area is 122 Å². The minimum atomic E-state index is 0.211. The molecule has 0 radical (unpaired) electrons. The highest BCUT2D eigenvalue weighted by Gasteiger charge is 2.43. The number of hydrogen-bond donors (Lipinski definition) is 1. The van der Waals surface area contributed by atoms with Gasteiger partial charge in [-0.2, -0.15) is 0 Å². The van der Waals surface area contributed by atoms with E-state index in [0.29, 0.717) is 5.92 Å². The smallest absolute Gasteiger partial charge is 0.0685 e. The Morgan fingerprint density at radius 3 is 2.55 bits per heavy atom. The van der Waals surface area contributed by atoms with Gasteiger partial charge in [-0.15, -0.1) is 0 Å². The molecule has 1 aliphatic heterocycles. The van der Waals surface area contributed by atoms with Crippen LogP contribution in [-0.2, 0) is 11.2 Å². The Morgan fingerprint density at radius 2 is 1.95 bits per heavy atom. The molecule has 1 aromatic carbocycles. The van der Waals surface area contributed by atoms with Crippen molar-refractivity contribution in [1.82, 2.24) is 0 Å². The van der Waals surface area contributed by atoms with Gasteiger partial charge in [-0.05, 0) is 63.9 Å². The number of benzene rings is 1. The molecule has 1 aliphatic carbocycles. The number of hydrogen-bond acceptors (Lipinski definition) is 2. The lowest BCUT2D eigenvalue weighted by Crippen LogP contribution is -2.49. The number of nitrogens with two attached hydrogens (primary N) is 1. The Morgan fingerprint density at radius 1 is 1.25 bits per heavy atom. The molecule has 1 aromatic rings. The van der Waals surface area contributed by atoms with Crippen LogP contribution in [0.5, 0.6) is 0 Å². The molecule has 1 heterocycles. The average molecular weight is 273 g/mol. The van der Waals surface area contributed by atoms with Crippen molar-refractivity contribution in [3.05, 3.63) is 34.9 Å². The van der Waals surface area contributed by atoms with Gasteiger partial charge >= 0.3 is 0 Å². The van der Waals surface area contributed by atoms with Crippen molar-refractivity contribution >= 4 is 0 Å². The molecule has 2 nitrogen and oxygen atoms in total. The van der Waals surface area contributed by atoms with E-state index in [-0.39, 0.29) is 11.6 Å². The number of ether oxygens (including phenoxy) is 1. The normalized spacial score (nSPS) is 26.2. The van der Waals surface area contributed by atoms with E-state index >= 15 is 0 Å². The summed E-state index contributed by atoms with van der Waals surface area (Å²) in [6.07, 6.45) is 7.15. The molecule has 2 atom stereocenters. The van der Waals surface area contributed by atoms with Gasteiger partial charge in [0.05, 0.1) is 5.60 Å². The van der Waals surface area contributed by atoms with Crippen molar-refractivity contribution in [3.8, 4) is 0 Å². The van der Waals surface area contributed by atoms with Gasteiger partial charge < -0.3 is 10.5 Å². The van der Waals surface area contributed by atoms with E-state index in [1.165, 1.54) is 42.4 Å². The summed E-state index contributed by atoms with van der Waals surface area (Å²) in [5.74, 6) is 0.630. The topological polar surface area (TPSA) is 35.2 Å². The van der Waals surface area contributed by atoms with Crippen LogP contribution in [0.15, 0.2) is 18.2 Å². The first-order valence-corrected chi connectivity index (χ1v) is 8.03. The quantitative estimate of drug-likeness (QED) is 0.914. The molecule has 2 heteroatoms. The standard InChI is InChI=1S/C18H27NO/c1-13-8-14(2)10-15(9-13)11-17(19)16-4-7-20-18(12-16)5-3-6-18/h8-10,16-17H,3-7,11-12,19H2,1-2H3. The van der Waals surface area contributed by atoms with Crippen LogP contribution in [0.2, 0.25) is 0 Å². The van der Waals surface area contributed by atoms with Gasteiger partial charge in [0.1, 0.15) is 0 Å². The monoisotopic (exact) mass is 273 g/mol. The van der Waals surface area contributed by atoms with Gasteiger partial charge in [-0.1, -0.05) is 29.3 Å². The van der Waals surface area contributed by atoms with Gasteiger partial charge in [0.2, 0.25) is 0 Å². The van der Waals surface area contributed by atoms with Gasteiger partial charge in [0, 0.05) is 12.6 Å². The van der Waals surface area contributed by atoms with E-state index in [0.717, 1.165) is 19.4 Å². The average Bonchev–Trinajstić information content (AvgIpc) is 2.36. The lowest BCUT2D eigenvalue weighted by atomic mass is 9.70. The zero-order valence-corrected chi connectivity index (χ0v) is 12.8. The minimum absolute atomic E-state index is 0.211. The van der Waals surface area contributed by atoms with Crippen LogP contribution < -0.4 is 5.73 Å². The van der Waals surface area contributed by atoms with Crippen LogP contribution in [0, 0.1) is 19.8 Å². The maximum absolute atomic E-state index is 6.52. The van der Waals surface area contributed by atoms with Crippen LogP contribution in [0.1, 0.15) is 48.8 Å². The van der Waals surface area contributed by atoms with Gasteiger partial charge in [0.25, 0.3) is 0 Å².